The van der Waals surface area contributed by atoms with Crippen LogP contribution in [0.3, 0.4) is 0 Å². The smallest absolute Gasteiger partial charge is 0.322 e. The zero-order valence-electron chi connectivity index (χ0n) is 12.0. The van der Waals surface area contributed by atoms with Gasteiger partial charge in [-0.25, -0.2) is 0 Å². The normalized spacial score (nSPS) is 10.4. The van der Waals surface area contributed by atoms with Gasteiger partial charge >= 0.3 is 5.97 Å². The fourth-order valence-corrected chi connectivity index (χ4v) is 2.02. The molecular weight excluding hydrogens is 272 g/mol. The highest BCUT2D eigenvalue weighted by Gasteiger charge is 2.11. The molecule has 0 amide bonds. The molecule has 0 saturated carbocycles. The Morgan fingerprint density at radius 1 is 1.24 bits per heavy atom. The summed E-state index contributed by atoms with van der Waals surface area (Å²) in [5, 5.41) is 12.4. The van der Waals surface area contributed by atoms with Crippen molar-refractivity contribution in [3.63, 3.8) is 0 Å². The molecular formula is C15H18N2O4. The van der Waals surface area contributed by atoms with E-state index in [0.29, 0.717) is 30.4 Å². The quantitative estimate of drug-likeness (QED) is 0.815. The molecule has 6 nitrogen and oxygen atoms in total. The van der Waals surface area contributed by atoms with Gasteiger partial charge in [0.1, 0.15) is 6.54 Å². The summed E-state index contributed by atoms with van der Waals surface area (Å²) in [6.07, 6.45) is 1.63. The Hall–Kier alpha value is -2.50. The van der Waals surface area contributed by atoms with E-state index in [0.717, 1.165) is 10.9 Å². The first-order valence-electron chi connectivity index (χ1n) is 6.79. The molecule has 0 spiro atoms. The van der Waals surface area contributed by atoms with Gasteiger partial charge in [-0.1, -0.05) is 0 Å². The standard InChI is InChI=1S/C15H18N2O4/c1-3-20-13-7-10-11(17-9-15(18)19)5-6-16-12(10)8-14(13)21-4-2/h5-8H,3-4,9H2,1-2H3,(H,16,17)(H,18,19). The lowest BCUT2D eigenvalue weighted by atomic mass is 10.1. The number of carboxylic acid groups (broad SMARTS) is 1. The van der Waals surface area contributed by atoms with Gasteiger partial charge < -0.3 is 19.9 Å². The van der Waals surface area contributed by atoms with Crippen molar-refractivity contribution in [2.45, 2.75) is 13.8 Å². The number of rotatable bonds is 7. The monoisotopic (exact) mass is 290 g/mol. The van der Waals surface area contributed by atoms with Gasteiger partial charge in [-0.3, -0.25) is 9.78 Å². The zero-order valence-corrected chi connectivity index (χ0v) is 12.0. The van der Waals surface area contributed by atoms with Crippen LogP contribution in [0, 0.1) is 0 Å². The molecule has 0 fully saturated rings. The number of fused-ring (bicyclic) bond motifs is 1. The average molecular weight is 290 g/mol. The maximum Gasteiger partial charge on any atom is 0.322 e. The van der Waals surface area contributed by atoms with E-state index < -0.39 is 5.97 Å². The number of aromatic nitrogens is 1. The fourth-order valence-electron chi connectivity index (χ4n) is 2.02. The van der Waals surface area contributed by atoms with Gasteiger partial charge in [-0.05, 0) is 26.0 Å². The molecule has 21 heavy (non-hydrogen) atoms. The molecule has 0 aliphatic heterocycles. The largest absolute Gasteiger partial charge is 0.490 e. The van der Waals surface area contributed by atoms with Gasteiger partial charge in [0.05, 0.1) is 18.7 Å². The summed E-state index contributed by atoms with van der Waals surface area (Å²) in [5.41, 5.74) is 1.42. The molecule has 0 bridgehead atoms. The lowest BCUT2D eigenvalue weighted by molar-refractivity contribution is -0.134. The van der Waals surface area contributed by atoms with Crippen molar-refractivity contribution < 1.29 is 19.4 Å². The molecule has 0 aliphatic carbocycles. The number of carbonyl (C=O) groups is 1. The molecule has 0 aliphatic rings. The molecule has 2 N–H and O–H groups in total. The van der Waals surface area contributed by atoms with E-state index in [4.69, 9.17) is 14.6 Å². The summed E-state index contributed by atoms with van der Waals surface area (Å²) in [6.45, 7) is 4.69. The van der Waals surface area contributed by atoms with E-state index >= 15 is 0 Å². The Morgan fingerprint density at radius 2 is 1.90 bits per heavy atom. The first kappa shape index (κ1) is 14.9. The Morgan fingerprint density at radius 3 is 2.52 bits per heavy atom. The summed E-state index contributed by atoms with van der Waals surface area (Å²) in [4.78, 5) is 15.0. The van der Waals surface area contributed by atoms with Crippen molar-refractivity contribution in [3.05, 3.63) is 24.4 Å². The minimum absolute atomic E-state index is 0.156. The highest BCUT2D eigenvalue weighted by Crippen LogP contribution is 2.34. The van der Waals surface area contributed by atoms with Crippen LogP contribution in [-0.2, 0) is 4.79 Å². The van der Waals surface area contributed by atoms with Crippen molar-refractivity contribution >= 4 is 22.6 Å². The van der Waals surface area contributed by atoms with E-state index in [1.165, 1.54) is 0 Å². The van der Waals surface area contributed by atoms with Crippen molar-refractivity contribution in [2.24, 2.45) is 0 Å². The molecule has 1 aromatic carbocycles. The Balaban J connectivity index is 2.47. The third-order valence-corrected chi connectivity index (χ3v) is 2.84. The lowest BCUT2D eigenvalue weighted by Crippen LogP contribution is -2.12. The van der Waals surface area contributed by atoms with Crippen molar-refractivity contribution in [1.82, 2.24) is 4.98 Å². The molecule has 2 aromatic rings. The molecule has 6 heteroatoms. The third kappa shape index (κ3) is 3.53. The number of pyridine rings is 1. The molecule has 0 atom stereocenters. The number of hydrogen-bond donors (Lipinski definition) is 2. The van der Waals surface area contributed by atoms with Crippen LogP contribution < -0.4 is 14.8 Å². The van der Waals surface area contributed by atoms with Crippen LogP contribution in [0.4, 0.5) is 5.69 Å². The van der Waals surface area contributed by atoms with Gasteiger partial charge in [0, 0.05) is 23.3 Å². The predicted octanol–water partition coefficient (Wildman–Crippen LogP) is 2.53. The highest BCUT2D eigenvalue weighted by atomic mass is 16.5. The average Bonchev–Trinajstić information content (AvgIpc) is 2.46. The Labute approximate surface area is 122 Å². The molecule has 1 heterocycles. The van der Waals surface area contributed by atoms with Crippen LogP contribution in [0.1, 0.15) is 13.8 Å². The number of ether oxygens (including phenoxy) is 2. The van der Waals surface area contributed by atoms with Crippen LogP contribution in [0.2, 0.25) is 0 Å². The van der Waals surface area contributed by atoms with Gasteiger partial charge in [-0.15, -0.1) is 0 Å². The highest BCUT2D eigenvalue weighted by molar-refractivity contribution is 5.94. The van der Waals surface area contributed by atoms with Crippen LogP contribution in [-0.4, -0.2) is 35.8 Å². The predicted molar refractivity (Wildman–Crippen MR) is 80.2 cm³/mol. The minimum Gasteiger partial charge on any atom is -0.490 e. The van der Waals surface area contributed by atoms with Crippen molar-refractivity contribution in [1.29, 1.82) is 0 Å². The first-order valence-corrected chi connectivity index (χ1v) is 6.79. The molecule has 112 valence electrons. The number of aliphatic carboxylic acids is 1. The maximum absolute atomic E-state index is 10.7. The van der Waals surface area contributed by atoms with Crippen LogP contribution in [0.15, 0.2) is 24.4 Å². The second-order valence-corrected chi connectivity index (χ2v) is 4.29. The second-order valence-electron chi connectivity index (χ2n) is 4.29. The van der Waals surface area contributed by atoms with E-state index in [1.807, 2.05) is 19.9 Å². The topological polar surface area (TPSA) is 80.7 Å². The van der Waals surface area contributed by atoms with E-state index in [9.17, 15) is 4.79 Å². The lowest BCUT2D eigenvalue weighted by Gasteiger charge is -2.14. The minimum atomic E-state index is -0.920. The molecule has 0 saturated heterocycles. The van der Waals surface area contributed by atoms with Crippen molar-refractivity contribution in [2.75, 3.05) is 25.1 Å². The summed E-state index contributed by atoms with van der Waals surface area (Å²) < 4.78 is 11.1. The Bertz CT molecular complexity index is 643. The number of hydrogen-bond acceptors (Lipinski definition) is 5. The summed E-state index contributed by atoms with van der Waals surface area (Å²) in [6, 6.07) is 5.36. The first-order chi connectivity index (χ1) is 10.2. The molecule has 1 aromatic heterocycles. The fraction of sp³-hybridized carbons (Fsp3) is 0.333. The van der Waals surface area contributed by atoms with Crippen molar-refractivity contribution in [3.8, 4) is 11.5 Å². The molecule has 2 rings (SSSR count). The van der Waals surface area contributed by atoms with E-state index in [1.54, 1.807) is 18.3 Å². The summed E-state index contributed by atoms with van der Waals surface area (Å²) in [5.74, 6) is 0.337. The van der Waals surface area contributed by atoms with Gasteiger partial charge in [0.25, 0.3) is 0 Å². The Kier molecular flexibility index (Phi) is 4.81. The zero-order chi connectivity index (χ0) is 15.2. The number of anilines is 1. The molecule has 0 unspecified atom stereocenters. The summed E-state index contributed by atoms with van der Waals surface area (Å²) >= 11 is 0. The number of nitrogens with zero attached hydrogens (tertiary/aromatic N) is 1. The van der Waals surface area contributed by atoms with Crippen LogP contribution in [0.5, 0.6) is 11.5 Å². The second kappa shape index (κ2) is 6.78. The summed E-state index contributed by atoms with van der Waals surface area (Å²) in [7, 11) is 0. The molecule has 0 radical (unpaired) electrons. The number of carboxylic acids is 1. The third-order valence-electron chi connectivity index (χ3n) is 2.84. The number of nitrogens with one attached hydrogen (secondary N) is 1. The van der Waals surface area contributed by atoms with Gasteiger partial charge in [0.2, 0.25) is 0 Å². The van der Waals surface area contributed by atoms with Crippen LogP contribution in [0.25, 0.3) is 10.9 Å². The van der Waals surface area contributed by atoms with E-state index in [-0.39, 0.29) is 6.54 Å². The van der Waals surface area contributed by atoms with Gasteiger partial charge in [-0.2, -0.15) is 0 Å². The SMILES string of the molecule is CCOc1cc2nccc(NCC(=O)O)c2cc1OCC. The maximum atomic E-state index is 10.7. The number of benzene rings is 1. The van der Waals surface area contributed by atoms with Crippen LogP contribution >= 0.6 is 0 Å². The van der Waals surface area contributed by atoms with Gasteiger partial charge in [0.15, 0.2) is 11.5 Å². The van der Waals surface area contributed by atoms with E-state index in [2.05, 4.69) is 10.3 Å².